The molecule has 1 amide bonds. The van der Waals surface area contributed by atoms with Crippen LogP contribution in [-0.2, 0) is 11.3 Å². The molecular weight excluding hydrogens is 355 g/mol. The highest BCUT2D eigenvalue weighted by atomic mass is 19.1. The molecular formula is C23H30FN2O2+. The van der Waals surface area contributed by atoms with E-state index in [0.717, 1.165) is 6.54 Å². The van der Waals surface area contributed by atoms with Gasteiger partial charge in [-0.1, -0.05) is 30.3 Å². The molecule has 3 rings (SSSR count). The van der Waals surface area contributed by atoms with Gasteiger partial charge < -0.3 is 9.64 Å². The number of hydrogen-bond acceptors (Lipinski definition) is 2. The average Bonchev–Trinajstić information content (AvgIpc) is 2.68. The summed E-state index contributed by atoms with van der Waals surface area (Å²) in [5.41, 5.74) is 1.42. The second kappa shape index (κ2) is 8.72. The second-order valence-electron chi connectivity index (χ2n) is 8.50. The maximum Gasteiger partial charge on any atom is 0.410 e. The van der Waals surface area contributed by atoms with Crippen LogP contribution in [0.5, 0.6) is 0 Å². The molecule has 0 aliphatic carbocycles. The molecule has 28 heavy (non-hydrogen) atoms. The van der Waals surface area contributed by atoms with Crippen molar-refractivity contribution in [3.05, 3.63) is 66.0 Å². The molecule has 1 atom stereocenters. The number of carbonyl (C=O) groups excluding carboxylic acids is 1. The number of aromatic nitrogens is 1. The molecule has 0 spiro atoms. The molecule has 1 saturated heterocycles. The summed E-state index contributed by atoms with van der Waals surface area (Å²) in [7, 11) is 0. The van der Waals surface area contributed by atoms with Crippen molar-refractivity contribution in [2.75, 3.05) is 13.1 Å². The van der Waals surface area contributed by atoms with Crippen LogP contribution in [0.2, 0.25) is 0 Å². The number of likely N-dealkylation sites (tertiary alicyclic amines) is 1. The summed E-state index contributed by atoms with van der Waals surface area (Å²) in [6, 6.07) is 13.9. The zero-order valence-corrected chi connectivity index (χ0v) is 17.0. The van der Waals surface area contributed by atoms with Crippen LogP contribution in [0, 0.1) is 5.92 Å². The number of pyridine rings is 1. The van der Waals surface area contributed by atoms with Crippen LogP contribution in [0.1, 0.15) is 50.9 Å². The number of ether oxygens (including phenoxy) is 1. The lowest BCUT2D eigenvalue weighted by atomic mass is 9.89. The standard InChI is InChI=1S/C23H30FN2O2/c1-23(2,3)28-22(27)26-15-11-20(12-16-26)21(24)19-9-13-25(14-10-19)17-18-7-5-4-6-8-18/h4-10,13-14,20-21H,11-12,15-17H2,1-3H3/q+1. The molecule has 1 aliphatic heterocycles. The SMILES string of the molecule is CC(C)(C)OC(=O)N1CCC(C(F)c2cc[n+](Cc3ccccc3)cc2)CC1. The van der Waals surface area contributed by atoms with Gasteiger partial charge in [0.2, 0.25) is 0 Å². The smallest absolute Gasteiger partial charge is 0.410 e. The van der Waals surface area contributed by atoms with E-state index in [4.69, 9.17) is 4.74 Å². The third-order valence-corrected chi connectivity index (χ3v) is 5.05. The van der Waals surface area contributed by atoms with Gasteiger partial charge in [0, 0.05) is 30.8 Å². The summed E-state index contributed by atoms with van der Waals surface area (Å²) < 4.78 is 22.5. The largest absolute Gasteiger partial charge is 0.444 e. The Bertz CT molecular complexity index is 763. The summed E-state index contributed by atoms with van der Waals surface area (Å²) >= 11 is 0. The van der Waals surface area contributed by atoms with Crippen molar-refractivity contribution in [1.29, 1.82) is 0 Å². The maximum absolute atomic E-state index is 15.0. The van der Waals surface area contributed by atoms with E-state index < -0.39 is 11.8 Å². The first kappa shape index (κ1) is 20.3. The highest BCUT2D eigenvalue weighted by Crippen LogP contribution is 2.33. The number of rotatable bonds is 4. The van der Waals surface area contributed by atoms with Crippen molar-refractivity contribution in [2.45, 2.75) is 51.9 Å². The Morgan fingerprint density at radius 1 is 1.14 bits per heavy atom. The van der Waals surface area contributed by atoms with E-state index >= 15 is 4.39 Å². The van der Waals surface area contributed by atoms with Gasteiger partial charge in [-0.3, -0.25) is 0 Å². The lowest BCUT2D eigenvalue weighted by Crippen LogP contribution is -2.42. The van der Waals surface area contributed by atoms with E-state index in [1.54, 1.807) is 4.90 Å². The molecule has 150 valence electrons. The summed E-state index contributed by atoms with van der Waals surface area (Å²) in [4.78, 5) is 13.8. The van der Waals surface area contributed by atoms with Crippen LogP contribution in [0.4, 0.5) is 9.18 Å². The highest BCUT2D eigenvalue weighted by molar-refractivity contribution is 5.68. The molecule has 0 N–H and O–H groups in total. The lowest BCUT2D eigenvalue weighted by molar-refractivity contribution is -0.688. The molecule has 4 nitrogen and oxygen atoms in total. The van der Waals surface area contributed by atoms with Crippen LogP contribution in [-0.4, -0.2) is 29.7 Å². The van der Waals surface area contributed by atoms with Gasteiger partial charge in [0.25, 0.3) is 0 Å². The van der Waals surface area contributed by atoms with Crippen LogP contribution >= 0.6 is 0 Å². The van der Waals surface area contributed by atoms with Gasteiger partial charge in [-0.25, -0.2) is 13.8 Å². The van der Waals surface area contributed by atoms with Gasteiger partial charge in [0.15, 0.2) is 18.9 Å². The van der Waals surface area contributed by atoms with E-state index in [-0.39, 0.29) is 12.0 Å². The number of carbonyl (C=O) groups is 1. The number of halogens is 1. The molecule has 1 fully saturated rings. The van der Waals surface area contributed by atoms with Crippen LogP contribution in [0.15, 0.2) is 54.9 Å². The first-order valence-electron chi connectivity index (χ1n) is 9.97. The van der Waals surface area contributed by atoms with Gasteiger partial charge in [-0.15, -0.1) is 0 Å². The Hall–Kier alpha value is -2.43. The van der Waals surface area contributed by atoms with E-state index in [1.165, 1.54) is 5.56 Å². The molecule has 1 aliphatic rings. The third kappa shape index (κ3) is 5.54. The topological polar surface area (TPSA) is 33.4 Å². The van der Waals surface area contributed by atoms with E-state index in [1.807, 2.05) is 63.5 Å². The summed E-state index contributed by atoms with van der Waals surface area (Å²) in [6.45, 7) is 7.42. The first-order valence-corrected chi connectivity index (χ1v) is 9.97. The monoisotopic (exact) mass is 385 g/mol. The number of piperidine rings is 1. The fourth-order valence-electron chi connectivity index (χ4n) is 3.53. The predicted octanol–water partition coefficient (Wildman–Crippen LogP) is 4.68. The quantitative estimate of drug-likeness (QED) is 0.716. The molecule has 1 aromatic heterocycles. The number of nitrogens with zero attached hydrogens (tertiary/aromatic N) is 2. The minimum Gasteiger partial charge on any atom is -0.444 e. The first-order chi connectivity index (χ1) is 13.3. The normalized spacial score (nSPS) is 16.6. The van der Waals surface area contributed by atoms with Crippen LogP contribution in [0.25, 0.3) is 0 Å². The molecule has 0 saturated carbocycles. The zero-order valence-electron chi connectivity index (χ0n) is 17.0. The maximum atomic E-state index is 15.0. The van der Waals surface area contributed by atoms with Gasteiger partial charge in [-0.2, -0.15) is 0 Å². The van der Waals surface area contributed by atoms with Crippen molar-refractivity contribution in [2.24, 2.45) is 5.92 Å². The van der Waals surface area contributed by atoms with Crippen molar-refractivity contribution in [3.63, 3.8) is 0 Å². The Labute approximate surface area is 166 Å². The van der Waals surface area contributed by atoms with Gasteiger partial charge in [0.05, 0.1) is 0 Å². The minimum atomic E-state index is -1.01. The molecule has 0 bridgehead atoms. The Balaban J connectivity index is 1.53. The fourth-order valence-corrected chi connectivity index (χ4v) is 3.53. The Morgan fingerprint density at radius 3 is 2.32 bits per heavy atom. The predicted molar refractivity (Wildman–Crippen MR) is 107 cm³/mol. The Morgan fingerprint density at radius 2 is 1.75 bits per heavy atom. The van der Waals surface area contributed by atoms with E-state index in [0.29, 0.717) is 31.5 Å². The van der Waals surface area contributed by atoms with Gasteiger partial charge >= 0.3 is 6.09 Å². The van der Waals surface area contributed by atoms with Crippen LogP contribution in [0.3, 0.4) is 0 Å². The zero-order chi connectivity index (χ0) is 20.1. The molecule has 1 aromatic carbocycles. The fraction of sp³-hybridized carbons (Fsp3) is 0.478. The Kier molecular flexibility index (Phi) is 6.32. The molecule has 2 aromatic rings. The minimum absolute atomic E-state index is 0.0661. The molecule has 2 heterocycles. The van der Waals surface area contributed by atoms with Crippen molar-refractivity contribution in [3.8, 4) is 0 Å². The lowest BCUT2D eigenvalue weighted by Gasteiger charge is -2.34. The number of hydrogen-bond donors (Lipinski definition) is 0. The van der Waals surface area contributed by atoms with Crippen molar-refractivity contribution >= 4 is 6.09 Å². The van der Waals surface area contributed by atoms with Gasteiger partial charge in [0.1, 0.15) is 11.8 Å². The second-order valence-corrected chi connectivity index (χ2v) is 8.50. The van der Waals surface area contributed by atoms with E-state index in [2.05, 4.69) is 16.7 Å². The average molecular weight is 386 g/mol. The van der Waals surface area contributed by atoms with Gasteiger partial charge in [-0.05, 0) is 45.1 Å². The number of alkyl halides is 1. The summed E-state index contributed by atoms with van der Waals surface area (Å²) in [5.74, 6) is -0.0661. The molecule has 5 heteroatoms. The number of benzene rings is 1. The van der Waals surface area contributed by atoms with E-state index in [9.17, 15) is 4.79 Å². The third-order valence-electron chi connectivity index (χ3n) is 5.05. The van der Waals surface area contributed by atoms with Crippen molar-refractivity contribution in [1.82, 2.24) is 4.90 Å². The number of amides is 1. The molecule has 1 unspecified atom stereocenters. The van der Waals surface area contributed by atoms with Crippen molar-refractivity contribution < 1.29 is 18.5 Å². The summed E-state index contributed by atoms with van der Waals surface area (Å²) in [6.07, 6.45) is 3.86. The molecule has 0 radical (unpaired) electrons. The highest BCUT2D eigenvalue weighted by Gasteiger charge is 2.31. The summed E-state index contributed by atoms with van der Waals surface area (Å²) in [5, 5.41) is 0. The van der Waals surface area contributed by atoms with Crippen LogP contribution < -0.4 is 4.57 Å².